The van der Waals surface area contributed by atoms with Gasteiger partial charge in [0.25, 0.3) is 0 Å². The molecule has 0 radical (unpaired) electrons. The highest BCUT2D eigenvalue weighted by molar-refractivity contribution is 7.09. The number of rotatable bonds is 4. The molecule has 0 unspecified atom stereocenters. The number of amides is 2. The first-order valence-corrected chi connectivity index (χ1v) is 6.95. The molecule has 5 nitrogen and oxygen atoms in total. The Morgan fingerprint density at radius 3 is 2.47 bits per heavy atom. The van der Waals surface area contributed by atoms with Gasteiger partial charge in [0, 0.05) is 18.8 Å². The normalized spacial score (nSPS) is 10.2. The third-order valence-electron chi connectivity index (χ3n) is 2.83. The van der Waals surface area contributed by atoms with Crippen LogP contribution in [0.5, 0.6) is 0 Å². The molecule has 0 spiro atoms. The molecule has 1 aromatic heterocycles. The number of nitrogens with one attached hydrogen (secondary N) is 1. The number of carbonyl (C=O) groups is 1. The molecule has 1 N–H and O–H groups in total. The average Bonchev–Trinajstić information content (AvgIpc) is 2.95. The van der Waals surface area contributed by atoms with Gasteiger partial charge >= 0.3 is 6.03 Å². The van der Waals surface area contributed by atoms with E-state index in [1.807, 2.05) is 38.1 Å². The van der Waals surface area contributed by atoms with Crippen LogP contribution in [0.4, 0.5) is 10.5 Å². The number of hydrogen-bond acceptors (Lipinski definition) is 4. The fraction of sp³-hybridized carbons (Fsp3) is 0.308. The summed E-state index contributed by atoms with van der Waals surface area (Å²) < 4.78 is 3.83. The number of carbonyl (C=O) groups excluding carboxylic acids is 1. The Balaban J connectivity index is 2.05. The van der Waals surface area contributed by atoms with Gasteiger partial charge in [-0.05, 0) is 43.1 Å². The van der Waals surface area contributed by atoms with Gasteiger partial charge in [0.05, 0.1) is 11.1 Å². The van der Waals surface area contributed by atoms with E-state index in [9.17, 15) is 4.79 Å². The largest absolute Gasteiger partial charge is 0.325 e. The maximum absolute atomic E-state index is 11.9. The van der Waals surface area contributed by atoms with Gasteiger partial charge in [0.2, 0.25) is 0 Å². The molecule has 6 heteroatoms. The molecule has 2 aromatic rings. The summed E-state index contributed by atoms with van der Waals surface area (Å²) in [6.07, 6.45) is 1.73. The first-order chi connectivity index (χ1) is 9.24. The second-order valence-electron chi connectivity index (χ2n) is 3.96. The van der Waals surface area contributed by atoms with Gasteiger partial charge in [-0.2, -0.15) is 0 Å². The van der Waals surface area contributed by atoms with Gasteiger partial charge < -0.3 is 10.2 Å². The molecule has 0 saturated heterocycles. The minimum Gasteiger partial charge on any atom is -0.325 e. The molecule has 0 aliphatic heterocycles. The van der Waals surface area contributed by atoms with Crippen LogP contribution in [0.1, 0.15) is 13.8 Å². The predicted molar refractivity (Wildman–Crippen MR) is 77.3 cm³/mol. The third kappa shape index (κ3) is 3.29. The second kappa shape index (κ2) is 6.29. The maximum Gasteiger partial charge on any atom is 0.321 e. The number of aromatic nitrogens is 2. The van der Waals surface area contributed by atoms with Crippen LogP contribution < -0.4 is 5.32 Å². The van der Waals surface area contributed by atoms with Crippen molar-refractivity contribution < 1.29 is 4.79 Å². The van der Waals surface area contributed by atoms with Crippen molar-refractivity contribution in [1.29, 1.82) is 0 Å². The quantitative estimate of drug-likeness (QED) is 0.933. The summed E-state index contributed by atoms with van der Waals surface area (Å²) in [7, 11) is 0. The van der Waals surface area contributed by atoms with Crippen molar-refractivity contribution in [3.05, 3.63) is 30.5 Å². The summed E-state index contributed by atoms with van der Waals surface area (Å²) in [5.41, 5.74) is 1.84. The Labute approximate surface area is 116 Å². The van der Waals surface area contributed by atoms with Crippen molar-refractivity contribution in [1.82, 2.24) is 14.5 Å². The summed E-state index contributed by atoms with van der Waals surface area (Å²) in [4.78, 5) is 14.6. The van der Waals surface area contributed by atoms with Gasteiger partial charge in [0.15, 0.2) is 0 Å². The van der Waals surface area contributed by atoms with Crippen molar-refractivity contribution in [3.63, 3.8) is 0 Å². The van der Waals surface area contributed by atoms with Gasteiger partial charge in [-0.3, -0.25) is 0 Å². The fourth-order valence-electron chi connectivity index (χ4n) is 1.73. The predicted octanol–water partition coefficient (Wildman–Crippen LogP) is 3.08. The van der Waals surface area contributed by atoms with Gasteiger partial charge in [-0.25, -0.2) is 4.79 Å². The number of anilines is 1. The van der Waals surface area contributed by atoms with Gasteiger partial charge in [-0.15, -0.1) is 5.10 Å². The van der Waals surface area contributed by atoms with Crippen molar-refractivity contribution in [2.24, 2.45) is 0 Å². The minimum atomic E-state index is -0.0720. The Hall–Kier alpha value is -1.95. The monoisotopic (exact) mass is 276 g/mol. The summed E-state index contributed by atoms with van der Waals surface area (Å²) in [6.45, 7) is 5.33. The lowest BCUT2D eigenvalue weighted by atomic mass is 10.2. The first kappa shape index (κ1) is 13.5. The number of nitrogens with zero attached hydrogens (tertiary/aromatic N) is 3. The SMILES string of the molecule is CCN(CC)C(=O)Nc1ccc(-c2cnns2)cc1. The lowest BCUT2D eigenvalue weighted by Gasteiger charge is -2.19. The Kier molecular flexibility index (Phi) is 4.46. The van der Waals surface area contributed by atoms with E-state index in [-0.39, 0.29) is 6.03 Å². The standard InChI is InChI=1S/C13H16N4OS/c1-3-17(4-2)13(18)15-11-7-5-10(6-8-11)12-9-14-16-19-12/h5-9H,3-4H2,1-2H3,(H,15,18). The van der Waals surface area contributed by atoms with Crippen LogP contribution >= 0.6 is 11.5 Å². The van der Waals surface area contributed by atoms with Crippen molar-refractivity contribution in [3.8, 4) is 10.4 Å². The lowest BCUT2D eigenvalue weighted by molar-refractivity contribution is 0.217. The molecular formula is C13H16N4OS. The lowest BCUT2D eigenvalue weighted by Crippen LogP contribution is -2.34. The van der Waals surface area contributed by atoms with Crippen molar-refractivity contribution >= 4 is 23.3 Å². The van der Waals surface area contributed by atoms with Crippen LogP contribution in [0.2, 0.25) is 0 Å². The Bertz CT molecular complexity index is 520. The van der Waals surface area contributed by atoms with E-state index < -0.39 is 0 Å². The molecule has 1 aromatic carbocycles. The summed E-state index contributed by atoms with van der Waals surface area (Å²) in [6, 6.07) is 7.60. The smallest absolute Gasteiger partial charge is 0.321 e. The highest BCUT2D eigenvalue weighted by atomic mass is 32.1. The molecule has 0 aliphatic rings. The zero-order chi connectivity index (χ0) is 13.7. The summed E-state index contributed by atoms with van der Waals surface area (Å²) in [5, 5.41) is 6.68. The second-order valence-corrected chi connectivity index (χ2v) is 4.75. The summed E-state index contributed by atoms with van der Waals surface area (Å²) >= 11 is 1.35. The Morgan fingerprint density at radius 2 is 1.95 bits per heavy atom. The number of benzene rings is 1. The van der Waals surface area contributed by atoms with E-state index in [0.29, 0.717) is 13.1 Å². The van der Waals surface area contributed by atoms with Gasteiger partial charge in [0.1, 0.15) is 0 Å². The van der Waals surface area contributed by atoms with Crippen LogP contribution in [0.25, 0.3) is 10.4 Å². The van der Waals surface area contributed by atoms with Crippen LogP contribution in [0, 0.1) is 0 Å². The van der Waals surface area contributed by atoms with E-state index in [1.54, 1.807) is 11.1 Å². The molecule has 1 heterocycles. The van der Waals surface area contributed by atoms with E-state index in [0.717, 1.165) is 16.1 Å². The van der Waals surface area contributed by atoms with E-state index in [2.05, 4.69) is 14.9 Å². The van der Waals surface area contributed by atoms with Crippen LogP contribution in [-0.2, 0) is 0 Å². The third-order valence-corrected chi connectivity index (χ3v) is 3.55. The fourth-order valence-corrected chi connectivity index (χ4v) is 2.24. The van der Waals surface area contributed by atoms with Crippen LogP contribution in [0.15, 0.2) is 30.5 Å². The molecule has 0 atom stereocenters. The van der Waals surface area contributed by atoms with Crippen LogP contribution in [0.3, 0.4) is 0 Å². The average molecular weight is 276 g/mol. The van der Waals surface area contributed by atoms with E-state index >= 15 is 0 Å². The van der Waals surface area contributed by atoms with E-state index in [4.69, 9.17) is 0 Å². The molecule has 2 rings (SSSR count). The van der Waals surface area contributed by atoms with Crippen LogP contribution in [-0.4, -0.2) is 33.6 Å². The maximum atomic E-state index is 11.9. The molecule has 0 aliphatic carbocycles. The van der Waals surface area contributed by atoms with Gasteiger partial charge in [-0.1, -0.05) is 16.6 Å². The molecule has 0 saturated carbocycles. The Morgan fingerprint density at radius 1 is 1.26 bits per heavy atom. The molecule has 100 valence electrons. The first-order valence-electron chi connectivity index (χ1n) is 6.18. The van der Waals surface area contributed by atoms with Crippen molar-refractivity contribution in [2.45, 2.75) is 13.8 Å². The topological polar surface area (TPSA) is 58.1 Å². The van der Waals surface area contributed by atoms with Crippen molar-refractivity contribution in [2.75, 3.05) is 18.4 Å². The zero-order valence-electron chi connectivity index (χ0n) is 11.0. The molecular weight excluding hydrogens is 260 g/mol. The number of hydrogen-bond donors (Lipinski definition) is 1. The zero-order valence-corrected chi connectivity index (χ0v) is 11.8. The molecule has 2 amide bonds. The highest BCUT2D eigenvalue weighted by Gasteiger charge is 2.09. The number of urea groups is 1. The molecule has 0 bridgehead atoms. The minimum absolute atomic E-state index is 0.0720. The summed E-state index contributed by atoms with van der Waals surface area (Å²) in [5.74, 6) is 0. The highest BCUT2D eigenvalue weighted by Crippen LogP contribution is 2.23. The molecule has 0 fully saturated rings. The van der Waals surface area contributed by atoms with E-state index in [1.165, 1.54) is 11.5 Å². The molecule has 19 heavy (non-hydrogen) atoms.